The second-order valence-electron chi connectivity index (χ2n) is 8.07. The number of rotatable bonds is 11. The van der Waals surface area contributed by atoms with Gasteiger partial charge in [-0.2, -0.15) is 0 Å². The minimum Gasteiger partial charge on any atom is -0.330 e. The predicted octanol–water partition coefficient (Wildman–Crippen LogP) is 2.70. The van der Waals surface area contributed by atoms with E-state index >= 15 is 0 Å². The van der Waals surface area contributed by atoms with E-state index < -0.39 is 0 Å². The van der Waals surface area contributed by atoms with Crippen LogP contribution in [0.15, 0.2) is 53.5 Å². The summed E-state index contributed by atoms with van der Waals surface area (Å²) in [5.41, 5.74) is 13.8. The number of hydrogen-bond acceptors (Lipinski definition) is 7. The highest BCUT2D eigenvalue weighted by molar-refractivity contribution is 5.77. The summed E-state index contributed by atoms with van der Waals surface area (Å²) >= 11 is 0. The second-order valence-corrected chi connectivity index (χ2v) is 8.07. The maximum absolute atomic E-state index is 14.9. The van der Waals surface area contributed by atoms with E-state index in [1.54, 1.807) is 12.1 Å². The molecule has 2 heterocycles. The van der Waals surface area contributed by atoms with Crippen LogP contribution in [0.3, 0.4) is 0 Å². The highest BCUT2D eigenvalue weighted by Crippen LogP contribution is 2.21. The number of fused-ring (bicyclic) bond motifs is 1. The van der Waals surface area contributed by atoms with Crippen molar-refractivity contribution in [3.63, 3.8) is 0 Å². The average Bonchev–Trinajstić information content (AvgIpc) is 3.24. The molecule has 0 saturated carbocycles. The van der Waals surface area contributed by atoms with Crippen LogP contribution in [0.2, 0.25) is 0 Å². The summed E-state index contributed by atoms with van der Waals surface area (Å²) in [5.74, 6) is 0.327. The fourth-order valence-corrected chi connectivity index (χ4v) is 3.77. The molecule has 0 aliphatic carbocycles. The van der Waals surface area contributed by atoms with Crippen molar-refractivity contribution in [1.82, 2.24) is 24.8 Å². The van der Waals surface area contributed by atoms with Crippen LogP contribution in [0.4, 0.5) is 16.3 Å². The highest BCUT2D eigenvalue weighted by atomic mass is 19.1. The predicted molar refractivity (Wildman–Crippen MR) is 132 cm³/mol. The molecular formula is C24H29FN8O. The van der Waals surface area contributed by atoms with Crippen LogP contribution in [0, 0.1) is 5.82 Å². The van der Waals surface area contributed by atoms with Crippen molar-refractivity contribution in [3.05, 3.63) is 70.4 Å². The van der Waals surface area contributed by atoms with Crippen LogP contribution in [-0.4, -0.2) is 51.0 Å². The van der Waals surface area contributed by atoms with Gasteiger partial charge in [0.05, 0.1) is 16.6 Å². The number of nitrogens with two attached hydrogens (primary N) is 2. The number of aromatic amines is 2. The van der Waals surface area contributed by atoms with Crippen LogP contribution < -0.4 is 22.3 Å². The Kier molecular flexibility index (Phi) is 7.63. The van der Waals surface area contributed by atoms with Crippen molar-refractivity contribution in [2.45, 2.75) is 19.4 Å². The topological polar surface area (TPSA) is 142 Å². The fourth-order valence-electron chi connectivity index (χ4n) is 3.77. The molecule has 4 rings (SSSR count). The zero-order valence-corrected chi connectivity index (χ0v) is 18.9. The number of hydrogen-bond donors (Lipinski definition) is 5. The van der Waals surface area contributed by atoms with Crippen LogP contribution in [0.1, 0.15) is 18.4 Å². The minimum absolute atomic E-state index is 0.236. The number of para-hydroxylation sites is 2. The normalized spacial score (nSPS) is 11.4. The Balaban J connectivity index is 1.49. The van der Waals surface area contributed by atoms with E-state index in [1.807, 2.05) is 24.3 Å². The SMILES string of the molecule is NCCCN(CCCN)Cc1ccc(-c2cnc(Nc3nc4ccccc4[nH]3)[nH]c2=O)cc1F. The van der Waals surface area contributed by atoms with Gasteiger partial charge in [-0.15, -0.1) is 0 Å². The van der Waals surface area contributed by atoms with Gasteiger partial charge in [-0.05, 0) is 62.8 Å². The molecule has 2 aromatic carbocycles. The highest BCUT2D eigenvalue weighted by Gasteiger charge is 2.13. The Morgan fingerprint density at radius 1 is 1.00 bits per heavy atom. The van der Waals surface area contributed by atoms with Gasteiger partial charge in [0.2, 0.25) is 11.9 Å². The molecule has 0 fully saturated rings. The lowest BCUT2D eigenvalue weighted by atomic mass is 10.1. The molecule has 0 spiro atoms. The quantitative estimate of drug-likeness (QED) is 0.230. The van der Waals surface area contributed by atoms with Crippen LogP contribution in [-0.2, 0) is 6.54 Å². The molecule has 0 aliphatic rings. The summed E-state index contributed by atoms with van der Waals surface area (Å²) < 4.78 is 14.9. The van der Waals surface area contributed by atoms with Gasteiger partial charge in [0.25, 0.3) is 5.56 Å². The van der Waals surface area contributed by atoms with Crippen molar-refractivity contribution in [2.75, 3.05) is 31.5 Å². The number of aromatic nitrogens is 4. The van der Waals surface area contributed by atoms with Gasteiger partial charge >= 0.3 is 0 Å². The fraction of sp³-hybridized carbons (Fsp3) is 0.292. The van der Waals surface area contributed by atoms with E-state index in [9.17, 15) is 9.18 Å². The van der Waals surface area contributed by atoms with Gasteiger partial charge in [0.15, 0.2) is 0 Å². The first kappa shape index (κ1) is 23.6. The first-order chi connectivity index (χ1) is 16.6. The molecule has 0 bridgehead atoms. The molecule has 10 heteroatoms. The van der Waals surface area contributed by atoms with Crippen molar-refractivity contribution < 1.29 is 4.39 Å². The number of H-pyrrole nitrogens is 2. The third-order valence-corrected chi connectivity index (χ3v) is 5.54. The maximum atomic E-state index is 14.9. The lowest BCUT2D eigenvalue weighted by molar-refractivity contribution is 0.258. The summed E-state index contributed by atoms with van der Waals surface area (Å²) in [5, 5.41) is 2.96. The number of benzene rings is 2. The summed E-state index contributed by atoms with van der Waals surface area (Å²) in [7, 11) is 0. The molecule has 0 saturated heterocycles. The Bertz CT molecular complexity index is 1260. The molecule has 0 atom stereocenters. The lowest BCUT2D eigenvalue weighted by Gasteiger charge is -2.22. The molecule has 7 N–H and O–H groups in total. The lowest BCUT2D eigenvalue weighted by Crippen LogP contribution is -2.28. The zero-order valence-electron chi connectivity index (χ0n) is 18.9. The molecular weight excluding hydrogens is 435 g/mol. The number of halogens is 1. The maximum Gasteiger partial charge on any atom is 0.260 e. The zero-order chi connectivity index (χ0) is 23.9. The first-order valence-corrected chi connectivity index (χ1v) is 11.3. The van der Waals surface area contributed by atoms with E-state index in [2.05, 4.69) is 30.2 Å². The monoisotopic (exact) mass is 464 g/mol. The van der Waals surface area contributed by atoms with Gasteiger partial charge in [-0.1, -0.05) is 24.3 Å². The molecule has 34 heavy (non-hydrogen) atoms. The Morgan fingerprint density at radius 3 is 2.44 bits per heavy atom. The van der Waals surface area contributed by atoms with Crippen molar-refractivity contribution in [3.8, 4) is 11.1 Å². The summed E-state index contributed by atoms with van der Waals surface area (Å²) in [4.78, 5) is 29.3. The van der Waals surface area contributed by atoms with E-state index in [0.29, 0.717) is 36.7 Å². The van der Waals surface area contributed by atoms with E-state index in [1.165, 1.54) is 12.3 Å². The van der Waals surface area contributed by atoms with Gasteiger partial charge in [-0.25, -0.2) is 14.4 Å². The van der Waals surface area contributed by atoms with Crippen LogP contribution in [0.25, 0.3) is 22.2 Å². The molecule has 0 aliphatic heterocycles. The van der Waals surface area contributed by atoms with Crippen LogP contribution in [0.5, 0.6) is 0 Å². The Hall–Kier alpha value is -3.60. The minimum atomic E-state index is -0.381. The number of nitrogens with one attached hydrogen (secondary N) is 3. The molecule has 178 valence electrons. The summed E-state index contributed by atoms with van der Waals surface area (Å²) in [6.45, 7) is 3.18. The van der Waals surface area contributed by atoms with Gasteiger partial charge in [0.1, 0.15) is 5.82 Å². The van der Waals surface area contributed by atoms with Gasteiger partial charge < -0.3 is 16.5 Å². The van der Waals surface area contributed by atoms with Gasteiger partial charge in [-0.3, -0.25) is 20.0 Å². The standard InChI is InChI=1S/C24H29FN8O/c25-19-13-16(7-8-17(19)15-33(11-3-9-26)12-4-10-27)18-14-28-23(31-22(18)34)32-24-29-20-5-1-2-6-21(20)30-24/h1-2,5-8,13-14H,3-4,9-12,15,26-27H2,(H3,28,29,30,31,32,34). The average molecular weight is 465 g/mol. The van der Waals surface area contributed by atoms with Crippen LogP contribution >= 0.6 is 0 Å². The molecule has 0 radical (unpaired) electrons. The number of anilines is 2. The number of imidazole rings is 1. The van der Waals surface area contributed by atoms with Gasteiger partial charge in [0, 0.05) is 18.3 Å². The largest absolute Gasteiger partial charge is 0.330 e. The summed E-state index contributed by atoms with van der Waals surface area (Å²) in [6, 6.07) is 12.4. The Morgan fingerprint density at radius 2 is 1.76 bits per heavy atom. The Labute approximate surface area is 196 Å². The molecule has 9 nitrogen and oxygen atoms in total. The third-order valence-electron chi connectivity index (χ3n) is 5.54. The van der Waals surface area contributed by atoms with E-state index in [4.69, 9.17) is 11.5 Å². The van der Waals surface area contributed by atoms with Crippen molar-refractivity contribution in [2.24, 2.45) is 11.5 Å². The summed E-state index contributed by atoms with van der Waals surface area (Å²) in [6.07, 6.45) is 3.09. The van der Waals surface area contributed by atoms with Crippen molar-refractivity contribution >= 4 is 22.9 Å². The smallest absolute Gasteiger partial charge is 0.260 e. The molecule has 4 aromatic rings. The first-order valence-electron chi connectivity index (χ1n) is 11.3. The third kappa shape index (κ3) is 5.66. The van der Waals surface area contributed by atoms with Crippen molar-refractivity contribution in [1.29, 1.82) is 0 Å². The molecule has 0 unspecified atom stereocenters. The molecule has 2 aromatic heterocycles. The van der Waals surface area contributed by atoms with E-state index in [0.717, 1.165) is 37.0 Å². The second kappa shape index (κ2) is 11.0. The molecule has 0 amide bonds. The van der Waals surface area contributed by atoms with E-state index in [-0.39, 0.29) is 22.9 Å². The number of nitrogens with zero attached hydrogens (tertiary/aromatic N) is 3.